The van der Waals surface area contributed by atoms with Crippen molar-refractivity contribution in [1.82, 2.24) is 0 Å². The number of nitrogens with zero attached hydrogens (tertiary/aromatic N) is 2. The first-order chi connectivity index (χ1) is 15.8. The molecular formula is C28H30F2N2O2. The first-order valence-electron chi connectivity index (χ1n) is 11.0. The minimum atomic E-state index is -0.466. The molecule has 0 aromatic heterocycles. The molecule has 0 atom stereocenters. The fraction of sp³-hybridized carbons (Fsp3) is 0.286. The molecule has 6 heteroatoms. The lowest BCUT2D eigenvalue weighted by atomic mass is 9.85. The molecule has 0 spiro atoms. The van der Waals surface area contributed by atoms with Crippen LogP contribution in [-0.4, -0.2) is 22.6 Å². The smallest absolute Gasteiger partial charge is 0.128 e. The molecule has 0 aliphatic carbocycles. The summed E-state index contributed by atoms with van der Waals surface area (Å²) >= 11 is 0. The number of aliphatic imine (C=N–C) groups is 2. The molecule has 178 valence electrons. The molecule has 0 amide bonds. The Bertz CT molecular complexity index is 1170. The third-order valence-electron chi connectivity index (χ3n) is 5.39. The van der Waals surface area contributed by atoms with Crippen molar-refractivity contribution in [2.75, 3.05) is 0 Å². The Morgan fingerprint density at radius 1 is 0.647 bits per heavy atom. The predicted molar refractivity (Wildman–Crippen MR) is 134 cm³/mol. The van der Waals surface area contributed by atoms with E-state index < -0.39 is 22.5 Å². The van der Waals surface area contributed by atoms with Crippen LogP contribution in [0, 0.1) is 11.6 Å². The van der Waals surface area contributed by atoms with E-state index in [0.29, 0.717) is 22.5 Å². The van der Waals surface area contributed by atoms with Gasteiger partial charge in [0.15, 0.2) is 0 Å². The molecule has 0 saturated heterocycles. The molecule has 3 aromatic carbocycles. The Labute approximate surface area is 199 Å². The van der Waals surface area contributed by atoms with E-state index in [2.05, 4.69) is 9.98 Å². The average molecular weight is 465 g/mol. The fourth-order valence-corrected chi connectivity index (χ4v) is 3.54. The second-order valence-corrected chi connectivity index (χ2v) is 10.3. The van der Waals surface area contributed by atoms with Gasteiger partial charge in [-0.15, -0.1) is 0 Å². The summed E-state index contributed by atoms with van der Waals surface area (Å²) in [5, 5.41) is 21.3. The molecule has 34 heavy (non-hydrogen) atoms. The maximum atomic E-state index is 14.2. The van der Waals surface area contributed by atoms with E-state index in [9.17, 15) is 19.0 Å². The number of rotatable bonds is 4. The van der Waals surface area contributed by atoms with E-state index in [1.807, 2.05) is 41.5 Å². The fourth-order valence-electron chi connectivity index (χ4n) is 3.54. The van der Waals surface area contributed by atoms with Crippen molar-refractivity contribution in [1.29, 1.82) is 0 Å². The lowest BCUT2D eigenvalue weighted by Gasteiger charge is -2.21. The van der Waals surface area contributed by atoms with Crippen molar-refractivity contribution in [2.24, 2.45) is 9.98 Å². The molecule has 3 aromatic rings. The van der Waals surface area contributed by atoms with Gasteiger partial charge in [0.1, 0.15) is 23.1 Å². The summed E-state index contributed by atoms with van der Waals surface area (Å²) in [4.78, 5) is 8.82. The van der Waals surface area contributed by atoms with Crippen molar-refractivity contribution in [3.63, 3.8) is 0 Å². The summed E-state index contributed by atoms with van der Waals surface area (Å²) in [5.74, 6) is -0.991. The number of aromatic hydroxyl groups is 2. The number of hydrogen-bond acceptors (Lipinski definition) is 4. The molecule has 3 rings (SSSR count). The Kier molecular flexibility index (Phi) is 6.92. The number of halogens is 2. The van der Waals surface area contributed by atoms with Gasteiger partial charge in [-0.2, -0.15) is 0 Å². The van der Waals surface area contributed by atoms with E-state index in [-0.39, 0.29) is 22.6 Å². The third kappa shape index (κ3) is 5.68. The second kappa shape index (κ2) is 9.37. The molecular weight excluding hydrogens is 434 g/mol. The van der Waals surface area contributed by atoms with Gasteiger partial charge < -0.3 is 10.2 Å². The predicted octanol–water partition coefficient (Wildman–Crippen LogP) is 7.47. The zero-order chi connectivity index (χ0) is 25.3. The van der Waals surface area contributed by atoms with Crippen LogP contribution in [0.4, 0.5) is 20.2 Å². The first-order valence-corrected chi connectivity index (χ1v) is 11.0. The standard InChI is InChI=1S/C28H30F2N2O2/c1-27(2,3)21-13-19(29)11-17(25(21)33)15-31-23-9-7-8-10-24(23)32-16-18-12-20(30)14-22(26(18)34)28(4,5)6/h7-16,33-34H,1-6H3. The SMILES string of the molecule is CC(C)(C)c1cc(F)cc(C=Nc2ccccc2N=Cc2cc(F)cc(C(C)(C)C)c2O)c1O. The summed E-state index contributed by atoms with van der Waals surface area (Å²) < 4.78 is 28.4. The average Bonchev–Trinajstić information content (AvgIpc) is 2.73. The van der Waals surface area contributed by atoms with E-state index in [1.165, 1.54) is 36.7 Å². The van der Waals surface area contributed by atoms with Gasteiger partial charge >= 0.3 is 0 Å². The lowest BCUT2D eigenvalue weighted by Crippen LogP contribution is -2.12. The Morgan fingerprint density at radius 2 is 1.00 bits per heavy atom. The molecule has 0 aliphatic rings. The number of hydrogen-bond donors (Lipinski definition) is 2. The summed E-state index contributed by atoms with van der Waals surface area (Å²) in [7, 11) is 0. The van der Waals surface area contributed by atoms with Crippen molar-refractivity contribution in [3.8, 4) is 11.5 Å². The van der Waals surface area contributed by atoms with Crippen molar-refractivity contribution in [2.45, 2.75) is 52.4 Å². The van der Waals surface area contributed by atoms with Crippen LogP contribution in [0.5, 0.6) is 11.5 Å². The van der Waals surface area contributed by atoms with Gasteiger partial charge in [-0.3, -0.25) is 9.98 Å². The molecule has 2 N–H and O–H groups in total. The maximum absolute atomic E-state index is 14.2. The van der Waals surface area contributed by atoms with Gasteiger partial charge in [0.2, 0.25) is 0 Å². The van der Waals surface area contributed by atoms with Gasteiger partial charge in [0.25, 0.3) is 0 Å². The summed E-state index contributed by atoms with van der Waals surface area (Å²) in [6.45, 7) is 11.3. The van der Waals surface area contributed by atoms with Crippen molar-refractivity contribution in [3.05, 3.63) is 82.4 Å². The van der Waals surface area contributed by atoms with Gasteiger partial charge in [0, 0.05) is 34.7 Å². The maximum Gasteiger partial charge on any atom is 0.128 e. The van der Waals surface area contributed by atoms with Crippen LogP contribution in [-0.2, 0) is 10.8 Å². The van der Waals surface area contributed by atoms with Crippen molar-refractivity contribution < 1.29 is 19.0 Å². The van der Waals surface area contributed by atoms with Crippen LogP contribution in [0.15, 0.2) is 58.5 Å². The monoisotopic (exact) mass is 464 g/mol. The molecule has 0 fully saturated rings. The quantitative estimate of drug-likeness (QED) is 0.393. The highest BCUT2D eigenvalue weighted by atomic mass is 19.1. The normalized spacial score (nSPS) is 12.7. The highest BCUT2D eigenvalue weighted by Crippen LogP contribution is 2.36. The van der Waals surface area contributed by atoms with Crippen LogP contribution >= 0.6 is 0 Å². The minimum Gasteiger partial charge on any atom is -0.507 e. The van der Waals surface area contributed by atoms with E-state index in [4.69, 9.17) is 0 Å². The number of para-hydroxylation sites is 2. The highest BCUT2D eigenvalue weighted by molar-refractivity contribution is 5.90. The largest absolute Gasteiger partial charge is 0.507 e. The first kappa shape index (κ1) is 25.1. The topological polar surface area (TPSA) is 65.2 Å². The van der Waals surface area contributed by atoms with Crippen LogP contribution in [0.3, 0.4) is 0 Å². The summed E-state index contributed by atoms with van der Waals surface area (Å²) in [6.07, 6.45) is 2.78. The number of phenolic OH excluding ortho intramolecular Hbond substituents is 2. The molecule has 0 heterocycles. The van der Waals surface area contributed by atoms with Crippen LogP contribution < -0.4 is 0 Å². The summed E-state index contributed by atoms with van der Waals surface area (Å²) in [6, 6.07) is 12.1. The van der Waals surface area contributed by atoms with E-state index in [1.54, 1.807) is 24.3 Å². The number of phenols is 2. The van der Waals surface area contributed by atoms with Crippen LogP contribution in [0.25, 0.3) is 0 Å². The van der Waals surface area contributed by atoms with Crippen molar-refractivity contribution >= 4 is 23.8 Å². The van der Waals surface area contributed by atoms with Crippen LogP contribution in [0.1, 0.15) is 63.8 Å². The highest BCUT2D eigenvalue weighted by Gasteiger charge is 2.22. The Hall–Kier alpha value is -3.54. The molecule has 0 radical (unpaired) electrons. The molecule has 0 bridgehead atoms. The molecule has 0 unspecified atom stereocenters. The van der Waals surface area contributed by atoms with Gasteiger partial charge in [-0.25, -0.2) is 8.78 Å². The Balaban J connectivity index is 1.99. The number of benzene rings is 3. The minimum absolute atomic E-state index is 0.0296. The van der Waals surface area contributed by atoms with Crippen LogP contribution in [0.2, 0.25) is 0 Å². The molecule has 0 aliphatic heterocycles. The lowest BCUT2D eigenvalue weighted by molar-refractivity contribution is 0.441. The van der Waals surface area contributed by atoms with E-state index in [0.717, 1.165) is 0 Å². The molecule has 4 nitrogen and oxygen atoms in total. The van der Waals surface area contributed by atoms with Gasteiger partial charge in [0.05, 0.1) is 11.4 Å². The third-order valence-corrected chi connectivity index (χ3v) is 5.39. The molecule has 0 saturated carbocycles. The zero-order valence-electron chi connectivity index (χ0n) is 20.3. The Morgan fingerprint density at radius 3 is 1.32 bits per heavy atom. The summed E-state index contributed by atoms with van der Waals surface area (Å²) in [5.41, 5.74) is 1.50. The second-order valence-electron chi connectivity index (χ2n) is 10.3. The zero-order valence-corrected chi connectivity index (χ0v) is 20.3. The van der Waals surface area contributed by atoms with Gasteiger partial charge in [-0.1, -0.05) is 53.7 Å². The van der Waals surface area contributed by atoms with Gasteiger partial charge in [-0.05, 0) is 47.2 Å². The van der Waals surface area contributed by atoms with E-state index >= 15 is 0 Å².